The van der Waals surface area contributed by atoms with Gasteiger partial charge in [0, 0.05) is 65.6 Å². The zero-order valence-electron chi connectivity index (χ0n) is 38.9. The average Bonchev–Trinajstić information content (AvgIpc) is 3.95. The van der Waals surface area contributed by atoms with Crippen LogP contribution in [0.5, 0.6) is 0 Å². The number of aliphatic hydroxyl groups excluding tert-OH is 1. The Kier molecular flexibility index (Phi) is 17.6. The smallest absolute Gasteiger partial charge is 0.326 e. The summed E-state index contributed by atoms with van der Waals surface area (Å²) in [6, 6.07) is 24.3. The second-order valence-electron chi connectivity index (χ2n) is 17.7. The predicted molar refractivity (Wildman–Crippen MR) is 267 cm³/mol. The van der Waals surface area contributed by atoms with E-state index in [-0.39, 0.29) is 31.4 Å². The number of fused-ring (bicyclic) bond motifs is 2. The van der Waals surface area contributed by atoms with Gasteiger partial charge in [0.05, 0.1) is 12.1 Å². The largest absolute Gasteiger partial charge is 0.480 e. The summed E-state index contributed by atoms with van der Waals surface area (Å²) in [5, 5.41) is 38.0. The third-order valence-electron chi connectivity index (χ3n) is 11.9. The number of para-hydroxylation sites is 2. The summed E-state index contributed by atoms with van der Waals surface area (Å²) in [5.41, 5.74) is 8.36. The van der Waals surface area contributed by atoms with Crippen LogP contribution in [0.4, 0.5) is 0 Å². The molecule has 12 N–H and O–H groups in total. The normalized spacial score (nSPS) is 14.5. The standard InChI is InChI=1S/C51H59N9O9S/c1-29(61)43(48(66)58-42(49(67)68)23-31-16-8-5-9-17-31)59-50(69)51(2,3)60-47(65)41(25-33-27-54-38-21-13-11-19-35(33)38)57-46(64)40(24-32-26-53-37-20-12-10-18-34(32)37)56-45(63)39(55-44(62)36(52)28-70)22-30-14-6-4-7-15-30/h4-21,26-27,29,36,39-43,53-54,61,70H,22-25,28,52H2,1-3H3,(H,55,62)(H,56,63)(H,57,64)(H,58,66)(H,59,69)(H,60,65)(H,67,68)/t29-,36+,39+,40+,41-,42+,43+/m1/s1. The molecule has 70 heavy (non-hydrogen) atoms. The highest BCUT2D eigenvalue weighted by molar-refractivity contribution is 7.80. The van der Waals surface area contributed by atoms with E-state index in [4.69, 9.17) is 5.73 Å². The molecule has 6 aromatic rings. The Morgan fingerprint density at radius 2 is 0.986 bits per heavy atom. The zero-order chi connectivity index (χ0) is 50.5. The second-order valence-corrected chi connectivity index (χ2v) is 18.0. The molecule has 0 saturated carbocycles. The van der Waals surface area contributed by atoms with Crippen molar-refractivity contribution in [3.63, 3.8) is 0 Å². The molecule has 2 aromatic heterocycles. The maximum atomic E-state index is 14.8. The summed E-state index contributed by atoms with van der Waals surface area (Å²) in [4.78, 5) is 103. The maximum absolute atomic E-state index is 14.8. The number of carboxylic acid groups (broad SMARTS) is 1. The fourth-order valence-electron chi connectivity index (χ4n) is 7.91. The van der Waals surface area contributed by atoms with E-state index >= 15 is 0 Å². The molecule has 4 aromatic carbocycles. The lowest BCUT2D eigenvalue weighted by molar-refractivity contribution is -0.143. The minimum absolute atomic E-state index is 0.00826. The van der Waals surface area contributed by atoms with Crippen molar-refractivity contribution in [3.8, 4) is 0 Å². The van der Waals surface area contributed by atoms with Crippen LogP contribution in [0.2, 0.25) is 0 Å². The van der Waals surface area contributed by atoms with Crippen molar-refractivity contribution in [2.75, 3.05) is 5.75 Å². The minimum atomic E-state index is -1.81. The first-order valence-corrected chi connectivity index (χ1v) is 23.4. The highest BCUT2D eigenvalue weighted by Gasteiger charge is 2.39. The van der Waals surface area contributed by atoms with Crippen LogP contribution in [0.1, 0.15) is 43.0 Å². The molecule has 0 fully saturated rings. The van der Waals surface area contributed by atoms with Crippen molar-refractivity contribution in [2.45, 2.75) is 94.3 Å². The van der Waals surface area contributed by atoms with Gasteiger partial charge in [0.2, 0.25) is 35.4 Å². The van der Waals surface area contributed by atoms with E-state index in [2.05, 4.69) is 54.5 Å². The Balaban J connectivity index is 1.27. The summed E-state index contributed by atoms with van der Waals surface area (Å²) in [7, 11) is 0. The van der Waals surface area contributed by atoms with Gasteiger partial charge in [-0.15, -0.1) is 0 Å². The molecule has 6 rings (SSSR count). The van der Waals surface area contributed by atoms with Crippen molar-refractivity contribution in [1.82, 2.24) is 41.9 Å². The van der Waals surface area contributed by atoms with Crippen molar-refractivity contribution < 1.29 is 43.8 Å². The number of H-pyrrole nitrogens is 2. The Morgan fingerprint density at radius 1 is 0.571 bits per heavy atom. The summed E-state index contributed by atoms with van der Waals surface area (Å²) in [6.07, 6.45) is 1.73. The van der Waals surface area contributed by atoms with Crippen molar-refractivity contribution in [1.29, 1.82) is 0 Å². The number of carbonyl (C=O) groups excluding carboxylic acids is 6. The van der Waals surface area contributed by atoms with Crippen LogP contribution in [0, 0.1) is 0 Å². The number of rotatable bonds is 23. The Hall–Kier alpha value is -7.48. The summed E-state index contributed by atoms with van der Waals surface area (Å²) in [5.74, 6) is -6.14. The minimum Gasteiger partial charge on any atom is -0.480 e. The fraction of sp³-hybridized carbons (Fsp3) is 0.314. The first-order chi connectivity index (χ1) is 33.4. The number of carbonyl (C=O) groups is 7. The number of hydrogen-bond donors (Lipinski definition) is 12. The highest BCUT2D eigenvalue weighted by atomic mass is 32.1. The van der Waals surface area contributed by atoms with E-state index in [0.717, 1.165) is 27.4 Å². The zero-order valence-corrected chi connectivity index (χ0v) is 39.8. The fourth-order valence-corrected chi connectivity index (χ4v) is 8.08. The number of benzene rings is 4. The molecule has 0 spiro atoms. The molecule has 0 bridgehead atoms. The Bertz CT molecular complexity index is 2800. The van der Waals surface area contributed by atoms with Gasteiger partial charge in [0.1, 0.15) is 35.7 Å². The monoisotopic (exact) mass is 973 g/mol. The van der Waals surface area contributed by atoms with Gasteiger partial charge in [0.15, 0.2) is 0 Å². The number of amides is 6. The average molecular weight is 974 g/mol. The van der Waals surface area contributed by atoms with Gasteiger partial charge in [-0.3, -0.25) is 28.8 Å². The van der Waals surface area contributed by atoms with Gasteiger partial charge in [-0.05, 0) is 55.2 Å². The highest BCUT2D eigenvalue weighted by Crippen LogP contribution is 2.22. The molecule has 0 aliphatic rings. The molecule has 6 amide bonds. The summed E-state index contributed by atoms with van der Waals surface area (Å²) >= 11 is 4.14. The van der Waals surface area contributed by atoms with Crippen molar-refractivity contribution in [3.05, 3.63) is 144 Å². The van der Waals surface area contributed by atoms with Gasteiger partial charge in [-0.1, -0.05) is 97.1 Å². The number of aliphatic hydroxyl groups is 1. The van der Waals surface area contributed by atoms with Crippen LogP contribution in [0.25, 0.3) is 21.8 Å². The topological polar surface area (TPSA) is 290 Å². The molecule has 2 heterocycles. The van der Waals surface area contributed by atoms with Crippen LogP contribution < -0.4 is 37.6 Å². The molecule has 18 nitrogen and oxygen atoms in total. The van der Waals surface area contributed by atoms with E-state index in [1.165, 1.54) is 20.8 Å². The number of aromatic amines is 2. The molecule has 7 atom stereocenters. The predicted octanol–water partition coefficient (Wildman–Crippen LogP) is 1.96. The SMILES string of the molecule is C[C@@H](O)[C@H](NC(=O)C(C)(C)NC(=O)[C@@H](Cc1c[nH]c2ccccc12)NC(=O)[C@H](Cc1c[nH]c2ccccc12)NC(=O)[C@H](Cc1ccccc1)NC(=O)[C@@H](N)CS)C(=O)N[C@@H](Cc1ccccc1)C(=O)O. The number of thiol groups is 1. The van der Waals surface area contributed by atoms with E-state index in [9.17, 15) is 43.8 Å². The van der Waals surface area contributed by atoms with Crippen LogP contribution in [-0.2, 0) is 59.2 Å². The van der Waals surface area contributed by atoms with Gasteiger partial charge >= 0.3 is 5.97 Å². The van der Waals surface area contributed by atoms with Gasteiger partial charge in [-0.25, -0.2) is 4.79 Å². The molecule has 0 radical (unpaired) electrons. The van der Waals surface area contributed by atoms with E-state index < -0.39 is 89.3 Å². The maximum Gasteiger partial charge on any atom is 0.326 e. The Labute approximate surface area is 409 Å². The number of nitrogens with one attached hydrogen (secondary N) is 8. The molecule has 0 saturated heterocycles. The Morgan fingerprint density at radius 3 is 1.46 bits per heavy atom. The van der Waals surface area contributed by atoms with E-state index in [0.29, 0.717) is 16.7 Å². The lowest BCUT2D eigenvalue weighted by Gasteiger charge is -2.31. The number of aliphatic carboxylic acids is 1. The third-order valence-corrected chi connectivity index (χ3v) is 12.3. The lowest BCUT2D eigenvalue weighted by atomic mass is 9.98. The summed E-state index contributed by atoms with van der Waals surface area (Å²) in [6.45, 7) is 3.96. The first kappa shape index (κ1) is 51.9. The van der Waals surface area contributed by atoms with Crippen LogP contribution >= 0.6 is 12.6 Å². The molecular weight excluding hydrogens is 915 g/mol. The molecular formula is C51H59N9O9S. The number of aromatic nitrogens is 2. The molecule has 0 unspecified atom stereocenters. The number of nitrogens with two attached hydrogens (primary N) is 1. The molecule has 368 valence electrons. The first-order valence-electron chi connectivity index (χ1n) is 22.7. The summed E-state index contributed by atoms with van der Waals surface area (Å²) < 4.78 is 0. The molecule has 19 heteroatoms. The van der Waals surface area contributed by atoms with Crippen LogP contribution in [0.15, 0.2) is 122 Å². The van der Waals surface area contributed by atoms with E-state index in [1.54, 1.807) is 67.0 Å². The van der Waals surface area contributed by atoms with E-state index in [1.807, 2.05) is 54.6 Å². The third kappa shape index (κ3) is 13.6. The number of hydrogen-bond acceptors (Lipinski definition) is 10. The van der Waals surface area contributed by atoms with Gasteiger partial charge in [0.25, 0.3) is 0 Å². The number of carboxylic acids is 1. The van der Waals surface area contributed by atoms with Crippen LogP contribution in [-0.4, -0.2) is 115 Å². The molecule has 0 aliphatic heterocycles. The van der Waals surface area contributed by atoms with Crippen molar-refractivity contribution >= 4 is 75.8 Å². The van der Waals surface area contributed by atoms with Gasteiger partial charge < -0.3 is 57.8 Å². The quantitative estimate of drug-likeness (QED) is 0.0415. The lowest BCUT2D eigenvalue weighted by Crippen LogP contribution is -2.64. The van der Waals surface area contributed by atoms with Crippen LogP contribution in [0.3, 0.4) is 0 Å². The molecule has 0 aliphatic carbocycles. The van der Waals surface area contributed by atoms with Crippen molar-refractivity contribution in [2.24, 2.45) is 5.73 Å². The van der Waals surface area contributed by atoms with Gasteiger partial charge in [-0.2, -0.15) is 12.6 Å². The second kappa shape index (κ2) is 23.7.